The van der Waals surface area contributed by atoms with E-state index in [1.165, 1.54) is 0 Å². The van der Waals surface area contributed by atoms with E-state index < -0.39 is 0 Å². The van der Waals surface area contributed by atoms with Gasteiger partial charge in [0.1, 0.15) is 11.6 Å². The minimum atomic E-state index is 0.174. The van der Waals surface area contributed by atoms with Gasteiger partial charge in [0, 0.05) is 61.1 Å². The van der Waals surface area contributed by atoms with E-state index in [-0.39, 0.29) is 5.75 Å². The minimum absolute atomic E-state index is 0.174. The minimum Gasteiger partial charge on any atom is -0.504 e. The van der Waals surface area contributed by atoms with Crippen LogP contribution in [0.25, 0.3) is 6.08 Å². The van der Waals surface area contributed by atoms with Gasteiger partial charge in [-0.2, -0.15) is 0 Å². The lowest BCUT2D eigenvalue weighted by atomic mass is 10.1. The van der Waals surface area contributed by atoms with Crippen LogP contribution in [0.1, 0.15) is 11.1 Å². The topological polar surface area (TPSA) is 55.7 Å². The molecule has 5 rings (SSSR count). The van der Waals surface area contributed by atoms with Crippen molar-refractivity contribution in [1.29, 1.82) is 0 Å². The zero-order chi connectivity index (χ0) is 22.1. The zero-order valence-electron chi connectivity index (χ0n) is 17.5. The van der Waals surface area contributed by atoms with Crippen molar-refractivity contribution >= 4 is 46.6 Å². The van der Waals surface area contributed by atoms with Gasteiger partial charge in [-0.1, -0.05) is 41.4 Å². The standard InChI is InChI=1S/C24H23Cl2N5O/c25-18-12-17(13-19(26)14-18)16-31-7-3-4-20-23(31)21(32)15-28-24(20)30-10-8-29(9-11-30)22-5-1-2-6-27-22/h1-6,12-15,32H,7-11,16H2. The van der Waals surface area contributed by atoms with Crippen molar-refractivity contribution < 1.29 is 5.11 Å². The Hall–Kier alpha value is -2.96. The van der Waals surface area contributed by atoms with E-state index in [2.05, 4.69) is 36.8 Å². The molecule has 1 saturated heterocycles. The highest BCUT2D eigenvalue weighted by Crippen LogP contribution is 2.40. The smallest absolute Gasteiger partial charge is 0.158 e. The van der Waals surface area contributed by atoms with Crippen LogP contribution in [-0.4, -0.2) is 47.8 Å². The SMILES string of the molecule is Oc1cnc(N2CCN(c3ccccn3)CC2)c2c1N(Cc1cc(Cl)cc(Cl)c1)CC=C2. The van der Waals surface area contributed by atoms with Crippen LogP contribution in [0.4, 0.5) is 17.3 Å². The zero-order valence-corrected chi connectivity index (χ0v) is 19.0. The summed E-state index contributed by atoms with van der Waals surface area (Å²) in [5.74, 6) is 2.07. The molecule has 0 atom stereocenters. The molecule has 0 unspecified atom stereocenters. The van der Waals surface area contributed by atoms with Crippen LogP contribution < -0.4 is 14.7 Å². The molecule has 1 fully saturated rings. The van der Waals surface area contributed by atoms with Crippen molar-refractivity contribution in [2.45, 2.75) is 6.54 Å². The van der Waals surface area contributed by atoms with Gasteiger partial charge < -0.3 is 19.8 Å². The van der Waals surface area contributed by atoms with Crippen molar-refractivity contribution in [1.82, 2.24) is 9.97 Å². The number of hydrogen-bond acceptors (Lipinski definition) is 6. The van der Waals surface area contributed by atoms with E-state index in [1.807, 2.05) is 36.5 Å². The molecule has 1 aromatic carbocycles. The second-order valence-electron chi connectivity index (χ2n) is 7.95. The fourth-order valence-corrected chi connectivity index (χ4v) is 4.95. The average molecular weight is 468 g/mol. The highest BCUT2D eigenvalue weighted by molar-refractivity contribution is 6.34. The normalized spacial score (nSPS) is 15.8. The maximum absolute atomic E-state index is 10.7. The predicted molar refractivity (Wildman–Crippen MR) is 131 cm³/mol. The van der Waals surface area contributed by atoms with Gasteiger partial charge in [-0.15, -0.1) is 0 Å². The summed E-state index contributed by atoms with van der Waals surface area (Å²) in [4.78, 5) is 15.8. The lowest BCUT2D eigenvalue weighted by Gasteiger charge is -2.38. The van der Waals surface area contributed by atoms with Gasteiger partial charge in [0.2, 0.25) is 0 Å². The number of anilines is 3. The van der Waals surface area contributed by atoms with Crippen LogP contribution in [0.2, 0.25) is 10.0 Å². The third-order valence-electron chi connectivity index (χ3n) is 5.82. The summed E-state index contributed by atoms with van der Waals surface area (Å²) in [7, 11) is 0. The van der Waals surface area contributed by atoms with Crippen LogP contribution in [0.5, 0.6) is 5.75 Å². The molecule has 6 nitrogen and oxygen atoms in total. The molecular weight excluding hydrogens is 445 g/mol. The fraction of sp³-hybridized carbons (Fsp3) is 0.250. The number of halogens is 2. The van der Waals surface area contributed by atoms with Gasteiger partial charge in [-0.3, -0.25) is 0 Å². The van der Waals surface area contributed by atoms with Crippen molar-refractivity contribution in [2.24, 2.45) is 0 Å². The molecule has 2 aromatic heterocycles. The molecule has 0 saturated carbocycles. The van der Waals surface area contributed by atoms with Crippen molar-refractivity contribution in [3.8, 4) is 5.75 Å². The molecule has 8 heteroatoms. The molecule has 1 N–H and O–H groups in total. The number of hydrogen-bond donors (Lipinski definition) is 1. The molecular formula is C24H23Cl2N5O. The number of piperazine rings is 1. The number of aromatic hydroxyl groups is 1. The Morgan fingerprint density at radius 2 is 1.69 bits per heavy atom. The predicted octanol–water partition coefficient (Wildman–Crippen LogP) is 4.85. The van der Waals surface area contributed by atoms with Crippen LogP contribution in [0, 0.1) is 0 Å². The largest absolute Gasteiger partial charge is 0.504 e. The summed E-state index contributed by atoms with van der Waals surface area (Å²) in [5, 5.41) is 11.9. The Morgan fingerprint density at radius 1 is 0.938 bits per heavy atom. The number of nitrogens with zero attached hydrogens (tertiary/aromatic N) is 5. The first-order valence-electron chi connectivity index (χ1n) is 10.6. The lowest BCUT2D eigenvalue weighted by molar-refractivity contribution is 0.471. The van der Waals surface area contributed by atoms with E-state index in [4.69, 9.17) is 23.2 Å². The van der Waals surface area contributed by atoms with Crippen molar-refractivity contribution in [2.75, 3.05) is 47.4 Å². The molecule has 164 valence electrons. The molecule has 3 aromatic rings. The molecule has 4 heterocycles. The van der Waals surface area contributed by atoms with Crippen LogP contribution in [0.3, 0.4) is 0 Å². The third kappa shape index (κ3) is 4.20. The summed E-state index contributed by atoms with van der Waals surface area (Å²) in [5.41, 5.74) is 2.72. The van der Waals surface area contributed by atoms with Gasteiger partial charge >= 0.3 is 0 Å². The molecule has 32 heavy (non-hydrogen) atoms. The van der Waals surface area contributed by atoms with E-state index in [9.17, 15) is 5.11 Å². The number of rotatable bonds is 4. The Kier molecular flexibility index (Phi) is 5.81. The van der Waals surface area contributed by atoms with Gasteiger partial charge in [0.05, 0.1) is 11.9 Å². The lowest BCUT2D eigenvalue weighted by Crippen LogP contribution is -2.47. The molecule has 2 aliphatic rings. The van der Waals surface area contributed by atoms with E-state index in [1.54, 1.807) is 12.3 Å². The molecule has 0 bridgehead atoms. The highest BCUT2D eigenvalue weighted by atomic mass is 35.5. The van der Waals surface area contributed by atoms with Crippen LogP contribution >= 0.6 is 23.2 Å². The molecule has 0 spiro atoms. The van der Waals surface area contributed by atoms with Crippen LogP contribution in [-0.2, 0) is 6.54 Å². The first-order chi connectivity index (χ1) is 15.6. The Bertz CT molecular complexity index is 1130. The quantitative estimate of drug-likeness (QED) is 0.591. The van der Waals surface area contributed by atoms with Crippen LogP contribution in [0.15, 0.2) is 54.9 Å². The molecule has 0 aliphatic carbocycles. The van der Waals surface area contributed by atoms with E-state index in [0.717, 1.165) is 54.6 Å². The maximum Gasteiger partial charge on any atom is 0.158 e. The van der Waals surface area contributed by atoms with E-state index in [0.29, 0.717) is 23.1 Å². The number of fused-ring (bicyclic) bond motifs is 1. The number of benzene rings is 1. The summed E-state index contributed by atoms with van der Waals surface area (Å²) in [6.07, 6.45) is 7.54. The average Bonchev–Trinajstić information content (AvgIpc) is 2.79. The third-order valence-corrected chi connectivity index (χ3v) is 6.26. The summed E-state index contributed by atoms with van der Waals surface area (Å²) in [6, 6.07) is 11.5. The van der Waals surface area contributed by atoms with Gasteiger partial charge in [0.25, 0.3) is 0 Å². The fourth-order valence-electron chi connectivity index (χ4n) is 4.38. The first kappa shape index (κ1) is 20.9. The summed E-state index contributed by atoms with van der Waals surface area (Å²) >= 11 is 12.4. The first-order valence-corrected chi connectivity index (χ1v) is 11.3. The molecule has 2 aliphatic heterocycles. The van der Waals surface area contributed by atoms with Gasteiger partial charge in [0.15, 0.2) is 5.75 Å². The second-order valence-corrected chi connectivity index (χ2v) is 8.82. The summed E-state index contributed by atoms with van der Waals surface area (Å²) < 4.78 is 0. The number of pyridine rings is 2. The van der Waals surface area contributed by atoms with Crippen molar-refractivity contribution in [3.05, 3.63) is 76.0 Å². The monoisotopic (exact) mass is 467 g/mol. The molecule has 0 amide bonds. The Balaban J connectivity index is 1.39. The Morgan fingerprint density at radius 3 is 2.41 bits per heavy atom. The van der Waals surface area contributed by atoms with Crippen molar-refractivity contribution in [3.63, 3.8) is 0 Å². The summed E-state index contributed by atoms with van der Waals surface area (Å²) in [6.45, 7) is 4.66. The maximum atomic E-state index is 10.7. The van der Waals surface area contributed by atoms with Gasteiger partial charge in [-0.25, -0.2) is 9.97 Å². The van der Waals surface area contributed by atoms with E-state index >= 15 is 0 Å². The highest BCUT2D eigenvalue weighted by Gasteiger charge is 2.26. The Labute approximate surface area is 197 Å². The number of aromatic nitrogens is 2. The molecule has 0 radical (unpaired) electrons. The second kappa shape index (κ2) is 8.88. The van der Waals surface area contributed by atoms with Gasteiger partial charge in [-0.05, 0) is 35.9 Å².